The number of likely N-dealkylation sites (tertiary alicyclic amines) is 1. The van der Waals surface area contributed by atoms with E-state index in [0.29, 0.717) is 11.8 Å². The van der Waals surface area contributed by atoms with E-state index in [9.17, 15) is 5.11 Å². The van der Waals surface area contributed by atoms with Crippen LogP contribution in [0.1, 0.15) is 38.2 Å². The lowest BCUT2D eigenvalue weighted by atomic mass is 9.69. The average Bonchev–Trinajstić information content (AvgIpc) is 3.00. The van der Waals surface area contributed by atoms with E-state index in [-0.39, 0.29) is 0 Å². The summed E-state index contributed by atoms with van der Waals surface area (Å²) in [7, 11) is 1.69. The van der Waals surface area contributed by atoms with Crippen LogP contribution in [0.15, 0.2) is 30.3 Å². The number of benzene rings is 1. The number of aliphatic hydroxyl groups is 1. The number of rotatable bonds is 5. The fraction of sp³-hybridized carbons (Fsp3) is 0.600. The lowest BCUT2D eigenvalue weighted by molar-refractivity contribution is -0.0611. The van der Waals surface area contributed by atoms with Crippen LogP contribution in [0.5, 0.6) is 5.75 Å². The second-order valence-corrected chi connectivity index (χ2v) is 7.11. The molecule has 1 saturated carbocycles. The van der Waals surface area contributed by atoms with Gasteiger partial charge in [-0.3, -0.25) is 4.90 Å². The van der Waals surface area contributed by atoms with Crippen LogP contribution in [0.3, 0.4) is 0 Å². The number of ether oxygens (including phenoxy) is 1. The molecule has 126 valence electrons. The molecule has 1 saturated heterocycles. The zero-order chi connectivity index (χ0) is 16.3. The van der Waals surface area contributed by atoms with Crippen LogP contribution < -0.4 is 4.74 Å². The molecule has 1 aliphatic carbocycles. The number of nitrogens with zero attached hydrogens (tertiary/aromatic N) is 1. The Labute approximate surface area is 140 Å². The van der Waals surface area contributed by atoms with Gasteiger partial charge in [0.05, 0.1) is 12.7 Å². The van der Waals surface area contributed by atoms with Crippen molar-refractivity contribution in [2.45, 2.75) is 38.2 Å². The standard InChI is InChI=1S/C20H29NO2/c1-3-20(22)12-4-7-17-14-21(15-19(17)20)13-5-6-16-8-10-18(23-2)11-9-16/h5-6,8-11,17,19,22H,3-4,7,12-15H2,1-2H3/t17-,19+,20-/m1/s1. The topological polar surface area (TPSA) is 32.7 Å². The van der Waals surface area contributed by atoms with Gasteiger partial charge in [0.2, 0.25) is 0 Å². The molecule has 0 radical (unpaired) electrons. The van der Waals surface area contributed by atoms with Crippen molar-refractivity contribution in [2.75, 3.05) is 26.7 Å². The van der Waals surface area contributed by atoms with Gasteiger partial charge in [-0.2, -0.15) is 0 Å². The van der Waals surface area contributed by atoms with Crippen molar-refractivity contribution < 1.29 is 9.84 Å². The normalized spacial score (nSPS) is 31.4. The number of fused-ring (bicyclic) bond motifs is 1. The highest BCUT2D eigenvalue weighted by Crippen LogP contribution is 2.44. The Hall–Kier alpha value is -1.32. The first-order valence-electron chi connectivity index (χ1n) is 8.90. The second kappa shape index (κ2) is 7.06. The van der Waals surface area contributed by atoms with Gasteiger partial charge >= 0.3 is 0 Å². The summed E-state index contributed by atoms with van der Waals surface area (Å²) in [6.45, 7) is 5.29. The van der Waals surface area contributed by atoms with Gasteiger partial charge in [-0.25, -0.2) is 0 Å². The molecular formula is C20H29NO2. The lowest BCUT2D eigenvalue weighted by Crippen LogP contribution is -2.44. The van der Waals surface area contributed by atoms with E-state index < -0.39 is 5.60 Å². The number of hydrogen-bond donors (Lipinski definition) is 1. The molecule has 3 heteroatoms. The largest absolute Gasteiger partial charge is 0.497 e. The Morgan fingerprint density at radius 1 is 1.30 bits per heavy atom. The number of hydrogen-bond acceptors (Lipinski definition) is 3. The Kier molecular flexibility index (Phi) is 5.08. The molecule has 23 heavy (non-hydrogen) atoms. The molecule has 0 spiro atoms. The highest BCUT2D eigenvalue weighted by atomic mass is 16.5. The summed E-state index contributed by atoms with van der Waals surface area (Å²) < 4.78 is 5.18. The molecule has 3 rings (SSSR count). The first-order chi connectivity index (χ1) is 11.1. The summed E-state index contributed by atoms with van der Waals surface area (Å²) in [5.74, 6) is 2.04. The van der Waals surface area contributed by atoms with E-state index >= 15 is 0 Å². The van der Waals surface area contributed by atoms with Crippen LogP contribution in [0.4, 0.5) is 0 Å². The monoisotopic (exact) mass is 315 g/mol. The van der Waals surface area contributed by atoms with Crippen LogP contribution in [-0.4, -0.2) is 42.4 Å². The minimum atomic E-state index is -0.419. The van der Waals surface area contributed by atoms with Gasteiger partial charge in [0.25, 0.3) is 0 Å². The molecule has 3 atom stereocenters. The van der Waals surface area contributed by atoms with Crippen LogP contribution >= 0.6 is 0 Å². The molecule has 2 fully saturated rings. The fourth-order valence-electron chi connectivity index (χ4n) is 4.36. The van der Waals surface area contributed by atoms with Crippen molar-refractivity contribution in [3.05, 3.63) is 35.9 Å². The van der Waals surface area contributed by atoms with Gasteiger partial charge in [-0.15, -0.1) is 0 Å². The molecule has 2 aliphatic rings. The fourth-order valence-corrected chi connectivity index (χ4v) is 4.36. The Balaban J connectivity index is 1.56. The van der Waals surface area contributed by atoms with Crippen molar-refractivity contribution in [1.82, 2.24) is 4.90 Å². The number of methoxy groups -OCH3 is 1. The van der Waals surface area contributed by atoms with Crippen LogP contribution in [0.2, 0.25) is 0 Å². The lowest BCUT2D eigenvalue weighted by Gasteiger charge is -2.40. The maximum atomic E-state index is 10.9. The summed E-state index contributed by atoms with van der Waals surface area (Å²) in [6, 6.07) is 8.14. The Bertz CT molecular complexity index is 539. The quantitative estimate of drug-likeness (QED) is 0.901. The molecular weight excluding hydrogens is 286 g/mol. The minimum Gasteiger partial charge on any atom is -0.497 e. The van der Waals surface area contributed by atoms with Gasteiger partial charge in [0.15, 0.2) is 0 Å². The molecule has 1 aromatic carbocycles. The summed E-state index contributed by atoms with van der Waals surface area (Å²) in [4.78, 5) is 2.50. The SMILES string of the molecule is CC[C@@]1(O)CCC[C@@H]2CN(CC=Cc3ccc(OC)cc3)C[C@@H]21. The van der Waals surface area contributed by atoms with E-state index in [2.05, 4.69) is 36.1 Å². The summed E-state index contributed by atoms with van der Waals surface area (Å²) >= 11 is 0. The van der Waals surface area contributed by atoms with Crippen molar-refractivity contribution in [2.24, 2.45) is 11.8 Å². The first-order valence-corrected chi connectivity index (χ1v) is 8.90. The molecule has 1 heterocycles. The highest BCUT2D eigenvalue weighted by Gasteiger charge is 2.47. The molecule has 0 unspecified atom stereocenters. The third kappa shape index (κ3) is 3.61. The average molecular weight is 315 g/mol. The smallest absolute Gasteiger partial charge is 0.118 e. The van der Waals surface area contributed by atoms with Gasteiger partial charge in [0, 0.05) is 25.6 Å². The summed E-state index contributed by atoms with van der Waals surface area (Å²) in [5.41, 5.74) is 0.782. The van der Waals surface area contributed by atoms with E-state index in [0.717, 1.165) is 38.2 Å². The molecule has 1 aliphatic heterocycles. The molecule has 3 nitrogen and oxygen atoms in total. The Morgan fingerprint density at radius 2 is 2.09 bits per heavy atom. The molecule has 0 amide bonds. The van der Waals surface area contributed by atoms with Gasteiger partial charge < -0.3 is 9.84 Å². The zero-order valence-electron chi connectivity index (χ0n) is 14.4. The van der Waals surface area contributed by atoms with E-state index in [1.165, 1.54) is 18.4 Å². The second-order valence-electron chi connectivity index (χ2n) is 7.11. The van der Waals surface area contributed by atoms with Crippen molar-refractivity contribution in [1.29, 1.82) is 0 Å². The van der Waals surface area contributed by atoms with E-state index in [4.69, 9.17) is 4.74 Å². The molecule has 0 bridgehead atoms. The third-order valence-electron chi connectivity index (χ3n) is 5.79. The molecule has 1 aromatic rings. The predicted molar refractivity (Wildman–Crippen MR) is 94.5 cm³/mol. The maximum absolute atomic E-state index is 10.9. The van der Waals surface area contributed by atoms with Crippen LogP contribution in [0.25, 0.3) is 6.08 Å². The van der Waals surface area contributed by atoms with Gasteiger partial charge in [-0.1, -0.05) is 37.6 Å². The minimum absolute atomic E-state index is 0.419. The summed E-state index contributed by atoms with van der Waals surface area (Å²) in [5, 5.41) is 10.9. The first kappa shape index (κ1) is 16.5. The van der Waals surface area contributed by atoms with Crippen molar-refractivity contribution in [3.63, 3.8) is 0 Å². The van der Waals surface area contributed by atoms with Crippen molar-refractivity contribution >= 4 is 6.08 Å². The summed E-state index contributed by atoms with van der Waals surface area (Å²) in [6.07, 6.45) is 8.76. The van der Waals surface area contributed by atoms with Crippen molar-refractivity contribution in [3.8, 4) is 5.75 Å². The van der Waals surface area contributed by atoms with Crippen LogP contribution in [0, 0.1) is 11.8 Å². The van der Waals surface area contributed by atoms with Crippen LogP contribution in [-0.2, 0) is 0 Å². The molecule has 0 aromatic heterocycles. The zero-order valence-corrected chi connectivity index (χ0v) is 14.4. The van der Waals surface area contributed by atoms with E-state index in [1.807, 2.05) is 12.1 Å². The van der Waals surface area contributed by atoms with E-state index in [1.54, 1.807) is 7.11 Å². The highest BCUT2D eigenvalue weighted by molar-refractivity contribution is 5.50. The third-order valence-corrected chi connectivity index (χ3v) is 5.79. The Morgan fingerprint density at radius 3 is 2.78 bits per heavy atom. The van der Waals surface area contributed by atoms with Gasteiger partial charge in [0.1, 0.15) is 5.75 Å². The maximum Gasteiger partial charge on any atom is 0.118 e. The molecule has 1 N–H and O–H groups in total. The van der Waals surface area contributed by atoms with Gasteiger partial charge in [-0.05, 0) is 42.9 Å². The predicted octanol–water partition coefficient (Wildman–Crippen LogP) is 3.58.